The normalized spacial score (nSPS) is 10.4. The highest BCUT2D eigenvalue weighted by Crippen LogP contribution is 2.37. The first kappa shape index (κ1) is 16.6. The van der Waals surface area contributed by atoms with E-state index < -0.39 is 0 Å². The first-order valence-corrected chi connectivity index (χ1v) is 8.47. The van der Waals surface area contributed by atoms with Crippen molar-refractivity contribution in [1.82, 2.24) is 0 Å². The molecule has 0 radical (unpaired) electrons. The number of halogens is 2. The van der Waals surface area contributed by atoms with Crippen molar-refractivity contribution in [2.45, 2.75) is 6.92 Å². The first-order valence-electron chi connectivity index (χ1n) is 6.83. The molecule has 120 valence electrons. The summed E-state index contributed by atoms with van der Waals surface area (Å²) in [5.74, 6) is 0.201. The van der Waals surface area contributed by atoms with E-state index in [-0.39, 0.29) is 5.91 Å². The predicted octanol–water partition coefficient (Wildman–Crippen LogP) is 5.75. The van der Waals surface area contributed by atoms with Gasteiger partial charge in [-0.2, -0.15) is 5.26 Å². The number of hydrogen-bond acceptors (Lipinski definition) is 4. The highest BCUT2D eigenvalue weighted by atomic mass is 35.5. The van der Waals surface area contributed by atoms with Crippen LogP contribution in [0.5, 0.6) is 0 Å². The second-order valence-corrected chi connectivity index (χ2v) is 6.63. The van der Waals surface area contributed by atoms with Crippen LogP contribution in [0.4, 0.5) is 5.00 Å². The molecule has 0 aliphatic rings. The minimum absolute atomic E-state index is 0.319. The SMILES string of the molecule is Cc1occc1C(=O)Nc1scc(-c2ccc(Cl)c(Cl)c2)c1C#N. The summed E-state index contributed by atoms with van der Waals surface area (Å²) in [6.45, 7) is 1.70. The summed E-state index contributed by atoms with van der Waals surface area (Å²) in [5, 5.41) is 15.4. The van der Waals surface area contributed by atoms with E-state index in [4.69, 9.17) is 27.6 Å². The molecule has 7 heteroatoms. The number of aryl methyl sites for hydroxylation is 1. The zero-order chi connectivity index (χ0) is 17.3. The number of amides is 1. The van der Waals surface area contributed by atoms with Crippen molar-refractivity contribution in [1.29, 1.82) is 5.26 Å². The molecule has 2 aromatic heterocycles. The molecule has 3 rings (SSSR count). The highest BCUT2D eigenvalue weighted by molar-refractivity contribution is 7.15. The molecule has 1 amide bonds. The van der Waals surface area contributed by atoms with Crippen molar-refractivity contribution in [2.75, 3.05) is 5.32 Å². The Kier molecular flexibility index (Phi) is 4.63. The van der Waals surface area contributed by atoms with Gasteiger partial charge in [-0.15, -0.1) is 11.3 Å². The Morgan fingerprint density at radius 2 is 2.08 bits per heavy atom. The van der Waals surface area contributed by atoms with Crippen LogP contribution in [0.2, 0.25) is 10.0 Å². The highest BCUT2D eigenvalue weighted by Gasteiger charge is 2.18. The maximum Gasteiger partial charge on any atom is 0.259 e. The molecular formula is C17H10Cl2N2O2S. The molecule has 1 aromatic carbocycles. The van der Waals surface area contributed by atoms with Crippen LogP contribution in [0.1, 0.15) is 21.7 Å². The van der Waals surface area contributed by atoms with Crippen molar-refractivity contribution in [3.05, 3.63) is 62.8 Å². The van der Waals surface area contributed by atoms with Gasteiger partial charge in [-0.1, -0.05) is 29.3 Å². The molecular weight excluding hydrogens is 367 g/mol. The van der Waals surface area contributed by atoms with E-state index in [0.717, 1.165) is 5.56 Å². The molecule has 0 aliphatic heterocycles. The number of nitrogens with one attached hydrogen (secondary N) is 1. The van der Waals surface area contributed by atoms with E-state index in [1.807, 2.05) is 0 Å². The molecule has 3 aromatic rings. The zero-order valence-corrected chi connectivity index (χ0v) is 14.7. The number of carbonyl (C=O) groups is 1. The third-order valence-electron chi connectivity index (χ3n) is 3.46. The lowest BCUT2D eigenvalue weighted by molar-refractivity contribution is 0.102. The third kappa shape index (κ3) is 3.04. The summed E-state index contributed by atoms with van der Waals surface area (Å²) in [5.41, 5.74) is 2.27. The lowest BCUT2D eigenvalue weighted by Gasteiger charge is -2.04. The minimum Gasteiger partial charge on any atom is -0.469 e. The number of hydrogen-bond donors (Lipinski definition) is 1. The van der Waals surface area contributed by atoms with Gasteiger partial charge in [-0.25, -0.2) is 0 Å². The van der Waals surface area contributed by atoms with Crippen LogP contribution < -0.4 is 5.32 Å². The molecule has 0 unspecified atom stereocenters. The minimum atomic E-state index is -0.319. The van der Waals surface area contributed by atoms with Gasteiger partial charge in [0.15, 0.2) is 0 Å². The smallest absolute Gasteiger partial charge is 0.259 e. The largest absolute Gasteiger partial charge is 0.469 e. The summed E-state index contributed by atoms with van der Waals surface area (Å²) in [6, 6.07) is 8.87. The molecule has 24 heavy (non-hydrogen) atoms. The van der Waals surface area contributed by atoms with Gasteiger partial charge in [-0.05, 0) is 30.7 Å². The van der Waals surface area contributed by atoms with Gasteiger partial charge in [0.05, 0.1) is 27.4 Å². The van der Waals surface area contributed by atoms with Crippen LogP contribution in [-0.4, -0.2) is 5.91 Å². The lowest BCUT2D eigenvalue weighted by atomic mass is 10.0. The second kappa shape index (κ2) is 6.70. The number of nitriles is 1. The number of benzene rings is 1. The van der Waals surface area contributed by atoms with Crippen LogP contribution in [0.25, 0.3) is 11.1 Å². The summed E-state index contributed by atoms with van der Waals surface area (Å²) >= 11 is 13.2. The van der Waals surface area contributed by atoms with Crippen LogP contribution in [-0.2, 0) is 0 Å². The van der Waals surface area contributed by atoms with E-state index in [1.54, 1.807) is 36.6 Å². The molecule has 0 aliphatic carbocycles. The van der Waals surface area contributed by atoms with E-state index in [0.29, 0.717) is 37.5 Å². The van der Waals surface area contributed by atoms with Crippen LogP contribution in [0, 0.1) is 18.3 Å². The third-order valence-corrected chi connectivity index (χ3v) is 5.10. The summed E-state index contributed by atoms with van der Waals surface area (Å²) in [4.78, 5) is 12.3. The number of nitrogens with zero attached hydrogens (tertiary/aromatic N) is 1. The monoisotopic (exact) mass is 376 g/mol. The lowest BCUT2D eigenvalue weighted by Crippen LogP contribution is -2.11. The van der Waals surface area contributed by atoms with Crippen molar-refractivity contribution in [2.24, 2.45) is 0 Å². The standard InChI is InChI=1S/C17H10Cl2N2O2S/c1-9-11(4-5-23-9)16(22)21-17-12(7-20)13(8-24-17)10-2-3-14(18)15(19)6-10/h2-6,8H,1H3,(H,21,22). The Bertz CT molecular complexity index is 969. The Morgan fingerprint density at radius 1 is 1.29 bits per heavy atom. The van der Waals surface area contributed by atoms with Gasteiger partial charge in [0.1, 0.15) is 16.8 Å². The maximum atomic E-state index is 12.3. The fourth-order valence-corrected chi connectivity index (χ4v) is 3.44. The summed E-state index contributed by atoms with van der Waals surface area (Å²) in [7, 11) is 0. The van der Waals surface area contributed by atoms with Crippen LogP contribution in [0.15, 0.2) is 40.3 Å². The average Bonchev–Trinajstić information content (AvgIpc) is 3.16. The topological polar surface area (TPSA) is 66.0 Å². The van der Waals surface area contributed by atoms with Gasteiger partial charge in [0.2, 0.25) is 0 Å². The Hall–Kier alpha value is -2.26. The zero-order valence-electron chi connectivity index (χ0n) is 12.4. The molecule has 0 spiro atoms. The molecule has 0 fully saturated rings. The fraction of sp³-hybridized carbons (Fsp3) is 0.0588. The Balaban J connectivity index is 1.95. The van der Waals surface area contributed by atoms with E-state index in [9.17, 15) is 10.1 Å². The molecule has 0 atom stereocenters. The molecule has 0 bridgehead atoms. The summed E-state index contributed by atoms with van der Waals surface area (Å²) in [6.07, 6.45) is 1.45. The van der Waals surface area contributed by atoms with Crippen LogP contribution in [0.3, 0.4) is 0 Å². The quantitative estimate of drug-likeness (QED) is 0.632. The van der Waals surface area contributed by atoms with Gasteiger partial charge in [-0.3, -0.25) is 4.79 Å². The Morgan fingerprint density at radius 3 is 2.71 bits per heavy atom. The molecule has 0 saturated carbocycles. The number of thiophene rings is 1. The number of anilines is 1. The Labute approximate surface area is 152 Å². The predicted molar refractivity (Wildman–Crippen MR) is 95.9 cm³/mol. The number of rotatable bonds is 3. The maximum absolute atomic E-state index is 12.3. The van der Waals surface area contributed by atoms with E-state index >= 15 is 0 Å². The first-order chi connectivity index (χ1) is 11.5. The van der Waals surface area contributed by atoms with E-state index in [2.05, 4.69) is 11.4 Å². The van der Waals surface area contributed by atoms with Gasteiger partial charge in [0, 0.05) is 10.9 Å². The molecule has 0 saturated heterocycles. The molecule has 2 heterocycles. The fourth-order valence-electron chi connectivity index (χ4n) is 2.23. The van der Waals surface area contributed by atoms with Gasteiger partial charge >= 0.3 is 0 Å². The van der Waals surface area contributed by atoms with Crippen LogP contribution >= 0.6 is 34.5 Å². The molecule has 4 nitrogen and oxygen atoms in total. The second-order valence-electron chi connectivity index (χ2n) is 4.94. The number of furan rings is 1. The van der Waals surface area contributed by atoms with Crippen molar-refractivity contribution < 1.29 is 9.21 Å². The number of carbonyl (C=O) groups excluding carboxylic acids is 1. The van der Waals surface area contributed by atoms with E-state index in [1.165, 1.54) is 17.6 Å². The molecule has 1 N–H and O–H groups in total. The van der Waals surface area contributed by atoms with Crippen molar-refractivity contribution >= 4 is 45.4 Å². The van der Waals surface area contributed by atoms with Crippen molar-refractivity contribution in [3.63, 3.8) is 0 Å². The van der Waals surface area contributed by atoms with Gasteiger partial charge < -0.3 is 9.73 Å². The average molecular weight is 377 g/mol. The van der Waals surface area contributed by atoms with Gasteiger partial charge in [0.25, 0.3) is 5.91 Å². The van der Waals surface area contributed by atoms with Crippen molar-refractivity contribution in [3.8, 4) is 17.2 Å². The summed E-state index contributed by atoms with van der Waals surface area (Å²) < 4.78 is 5.13.